The van der Waals surface area contributed by atoms with Crippen molar-refractivity contribution >= 4 is 5.97 Å². The maximum atomic E-state index is 11.7. The highest BCUT2D eigenvalue weighted by Gasteiger charge is 2.09. The highest BCUT2D eigenvalue weighted by atomic mass is 16.5. The van der Waals surface area contributed by atoms with Gasteiger partial charge in [-0.1, -0.05) is 17.2 Å². The van der Waals surface area contributed by atoms with Crippen LogP contribution in [0, 0.1) is 0 Å². The fraction of sp³-hybridized carbons (Fsp3) is 0.353. The number of aromatic hydroxyl groups is 2. The van der Waals surface area contributed by atoms with Crippen molar-refractivity contribution in [2.45, 2.75) is 33.6 Å². The topological polar surface area (TPSA) is 66.8 Å². The van der Waals surface area contributed by atoms with Gasteiger partial charge in [-0.05, 0) is 57.9 Å². The van der Waals surface area contributed by atoms with E-state index in [1.165, 1.54) is 23.8 Å². The molecule has 114 valence electrons. The molecule has 0 bridgehead atoms. The molecule has 2 N–H and O–H groups in total. The normalized spacial score (nSPS) is 11.1. The van der Waals surface area contributed by atoms with Gasteiger partial charge >= 0.3 is 5.97 Å². The molecule has 0 atom stereocenters. The second-order valence-corrected chi connectivity index (χ2v) is 5.17. The molecule has 0 aliphatic heterocycles. The van der Waals surface area contributed by atoms with E-state index in [-0.39, 0.29) is 23.7 Å². The van der Waals surface area contributed by atoms with Gasteiger partial charge in [0.25, 0.3) is 0 Å². The van der Waals surface area contributed by atoms with Crippen LogP contribution in [-0.2, 0) is 4.74 Å². The summed E-state index contributed by atoms with van der Waals surface area (Å²) in [4.78, 5) is 11.7. The van der Waals surface area contributed by atoms with E-state index in [0.717, 1.165) is 18.4 Å². The lowest BCUT2D eigenvalue weighted by molar-refractivity contribution is 0.0548. The van der Waals surface area contributed by atoms with Crippen LogP contribution in [0.1, 0.15) is 44.0 Å². The first-order chi connectivity index (χ1) is 9.90. The smallest absolute Gasteiger partial charge is 0.338 e. The molecule has 0 heterocycles. The zero-order valence-corrected chi connectivity index (χ0v) is 12.7. The molecule has 1 aromatic carbocycles. The van der Waals surface area contributed by atoms with E-state index in [4.69, 9.17) is 4.74 Å². The van der Waals surface area contributed by atoms with E-state index in [2.05, 4.69) is 19.9 Å². The Morgan fingerprint density at radius 2 is 1.86 bits per heavy atom. The van der Waals surface area contributed by atoms with Gasteiger partial charge in [-0.15, -0.1) is 0 Å². The lowest BCUT2D eigenvalue weighted by atomic mass is 10.1. The van der Waals surface area contributed by atoms with Gasteiger partial charge in [0.1, 0.15) is 6.61 Å². The summed E-state index contributed by atoms with van der Waals surface area (Å²) in [5, 5.41) is 18.5. The number of hydrogen-bond donors (Lipinski definition) is 2. The molecular formula is C17H22O4. The number of phenols is 2. The Kier molecular flexibility index (Phi) is 6.53. The van der Waals surface area contributed by atoms with E-state index in [0.29, 0.717) is 0 Å². The van der Waals surface area contributed by atoms with Gasteiger partial charge in [-0.25, -0.2) is 4.79 Å². The lowest BCUT2D eigenvalue weighted by Gasteiger charge is -2.04. The first-order valence-corrected chi connectivity index (χ1v) is 6.88. The highest BCUT2D eigenvalue weighted by molar-refractivity contribution is 5.90. The highest BCUT2D eigenvalue weighted by Crippen LogP contribution is 2.25. The fourth-order valence-corrected chi connectivity index (χ4v) is 1.68. The van der Waals surface area contributed by atoms with Crippen molar-refractivity contribution in [1.29, 1.82) is 0 Å². The summed E-state index contributed by atoms with van der Waals surface area (Å²) in [6, 6.07) is 3.85. The van der Waals surface area contributed by atoms with Crippen LogP contribution in [0.3, 0.4) is 0 Å². The molecule has 0 aliphatic carbocycles. The number of hydrogen-bond acceptors (Lipinski definition) is 4. The molecule has 0 saturated heterocycles. The Hall–Kier alpha value is -2.23. The van der Waals surface area contributed by atoms with Crippen LogP contribution < -0.4 is 0 Å². The van der Waals surface area contributed by atoms with Crippen LogP contribution in [0.2, 0.25) is 0 Å². The summed E-state index contributed by atoms with van der Waals surface area (Å²) >= 11 is 0. The zero-order chi connectivity index (χ0) is 15.8. The first kappa shape index (κ1) is 16.8. The Labute approximate surface area is 125 Å². The third-order valence-electron chi connectivity index (χ3n) is 2.95. The molecule has 1 aromatic rings. The van der Waals surface area contributed by atoms with Crippen molar-refractivity contribution in [2.24, 2.45) is 0 Å². The number of carbonyl (C=O) groups is 1. The minimum Gasteiger partial charge on any atom is -0.504 e. The quantitative estimate of drug-likeness (QED) is 0.473. The van der Waals surface area contributed by atoms with Gasteiger partial charge < -0.3 is 14.9 Å². The summed E-state index contributed by atoms with van der Waals surface area (Å²) in [6.45, 7) is 6.32. The van der Waals surface area contributed by atoms with Gasteiger partial charge in [0.05, 0.1) is 5.56 Å². The Balaban J connectivity index is 2.45. The molecule has 0 aliphatic rings. The average molecular weight is 290 g/mol. The van der Waals surface area contributed by atoms with E-state index < -0.39 is 5.97 Å². The Morgan fingerprint density at radius 3 is 2.48 bits per heavy atom. The largest absolute Gasteiger partial charge is 0.504 e. The second kappa shape index (κ2) is 8.15. The number of phenolic OH excluding ortho intramolecular Hbond substituents is 2. The summed E-state index contributed by atoms with van der Waals surface area (Å²) in [6.07, 6.45) is 5.95. The predicted molar refractivity (Wildman–Crippen MR) is 82.5 cm³/mol. The first-order valence-electron chi connectivity index (χ1n) is 6.88. The number of benzene rings is 1. The van der Waals surface area contributed by atoms with Crippen LogP contribution in [0.5, 0.6) is 11.5 Å². The third kappa shape index (κ3) is 6.17. The van der Waals surface area contributed by atoms with E-state index >= 15 is 0 Å². The summed E-state index contributed by atoms with van der Waals surface area (Å²) < 4.78 is 5.10. The molecular weight excluding hydrogens is 268 g/mol. The van der Waals surface area contributed by atoms with Crippen LogP contribution in [0.15, 0.2) is 41.5 Å². The second-order valence-electron chi connectivity index (χ2n) is 5.17. The maximum Gasteiger partial charge on any atom is 0.338 e. The van der Waals surface area contributed by atoms with Crippen LogP contribution in [-0.4, -0.2) is 22.8 Å². The summed E-state index contributed by atoms with van der Waals surface area (Å²) in [5.41, 5.74) is 2.66. The fourth-order valence-electron chi connectivity index (χ4n) is 1.68. The maximum absolute atomic E-state index is 11.7. The standard InChI is InChI=1S/C17H22O4/c1-12(2)5-4-6-13(3)9-10-21-17(20)14-7-8-15(18)16(19)11-14/h5,7-9,11,18-19H,4,6,10H2,1-3H3/b13-9+. The molecule has 0 fully saturated rings. The number of rotatable bonds is 6. The summed E-state index contributed by atoms with van der Waals surface area (Å²) in [7, 11) is 0. The molecule has 0 radical (unpaired) electrons. The third-order valence-corrected chi connectivity index (χ3v) is 2.95. The van der Waals surface area contributed by atoms with Crippen molar-refractivity contribution in [1.82, 2.24) is 0 Å². The molecule has 21 heavy (non-hydrogen) atoms. The van der Waals surface area contributed by atoms with E-state index in [1.807, 2.05) is 13.0 Å². The average Bonchev–Trinajstić information content (AvgIpc) is 2.41. The molecule has 4 heteroatoms. The van der Waals surface area contributed by atoms with Gasteiger partial charge in [0.15, 0.2) is 11.5 Å². The molecule has 1 rings (SSSR count). The Morgan fingerprint density at radius 1 is 1.14 bits per heavy atom. The predicted octanol–water partition coefficient (Wildman–Crippen LogP) is 3.95. The van der Waals surface area contributed by atoms with E-state index in [1.54, 1.807) is 0 Å². The minimum absolute atomic E-state index is 0.196. The van der Waals surface area contributed by atoms with Crippen molar-refractivity contribution in [3.63, 3.8) is 0 Å². The number of allylic oxidation sites excluding steroid dienone is 3. The number of carbonyl (C=O) groups excluding carboxylic acids is 1. The molecule has 0 amide bonds. The van der Waals surface area contributed by atoms with Gasteiger partial charge in [-0.3, -0.25) is 0 Å². The zero-order valence-electron chi connectivity index (χ0n) is 12.7. The van der Waals surface area contributed by atoms with Crippen molar-refractivity contribution in [2.75, 3.05) is 6.61 Å². The summed E-state index contributed by atoms with van der Waals surface area (Å²) in [5.74, 6) is -1.13. The number of ether oxygens (including phenoxy) is 1. The van der Waals surface area contributed by atoms with Crippen LogP contribution >= 0.6 is 0 Å². The molecule has 4 nitrogen and oxygen atoms in total. The van der Waals surface area contributed by atoms with Crippen LogP contribution in [0.25, 0.3) is 0 Å². The molecule has 0 spiro atoms. The lowest BCUT2D eigenvalue weighted by Crippen LogP contribution is -2.05. The van der Waals surface area contributed by atoms with Gasteiger partial charge in [0, 0.05) is 0 Å². The number of esters is 1. The minimum atomic E-state index is -0.529. The molecule has 0 saturated carbocycles. The SMILES string of the molecule is CC(C)=CCC/C(C)=C/COC(=O)c1ccc(O)c(O)c1. The van der Waals surface area contributed by atoms with Crippen molar-refractivity contribution in [3.8, 4) is 11.5 Å². The van der Waals surface area contributed by atoms with Gasteiger partial charge in [0.2, 0.25) is 0 Å². The Bertz CT molecular complexity index is 552. The monoisotopic (exact) mass is 290 g/mol. The van der Waals surface area contributed by atoms with Crippen molar-refractivity contribution in [3.05, 3.63) is 47.1 Å². The van der Waals surface area contributed by atoms with Crippen molar-refractivity contribution < 1.29 is 19.7 Å². The molecule has 0 unspecified atom stereocenters. The van der Waals surface area contributed by atoms with Gasteiger partial charge in [-0.2, -0.15) is 0 Å². The molecule has 0 aromatic heterocycles. The van der Waals surface area contributed by atoms with E-state index in [9.17, 15) is 15.0 Å². The van der Waals surface area contributed by atoms with Crippen LogP contribution in [0.4, 0.5) is 0 Å².